The molecular weight excluding hydrogens is 166 g/mol. The van der Waals surface area contributed by atoms with Gasteiger partial charge in [-0.2, -0.15) is 0 Å². The fourth-order valence-electron chi connectivity index (χ4n) is 2.63. The van der Waals surface area contributed by atoms with Crippen LogP contribution in [0.4, 0.5) is 0 Å². The second kappa shape index (κ2) is 3.25. The van der Waals surface area contributed by atoms with Crippen LogP contribution in [-0.4, -0.2) is 17.1 Å². The third-order valence-corrected chi connectivity index (χ3v) is 3.46. The van der Waals surface area contributed by atoms with E-state index in [9.17, 15) is 0 Å². The highest BCUT2D eigenvalue weighted by molar-refractivity contribution is 7.79. The number of fused-ring (bicyclic) bond motifs is 2. The third-order valence-electron chi connectivity index (χ3n) is 3.27. The molecule has 0 aromatic heterocycles. The van der Waals surface area contributed by atoms with Crippen molar-refractivity contribution in [1.82, 2.24) is 0 Å². The predicted molar refractivity (Wildman–Crippen MR) is 56.1 cm³/mol. The molecule has 66 valence electrons. The molecule has 2 aliphatic rings. The number of hydrogen-bond donors (Lipinski definition) is 0. The molecule has 1 nitrogen and oxygen atoms in total. The first-order chi connectivity index (χ1) is 5.85. The van der Waals surface area contributed by atoms with Crippen LogP contribution in [0.1, 0.15) is 38.5 Å². The number of rotatable bonds is 3. The summed E-state index contributed by atoms with van der Waals surface area (Å²) < 4.78 is 0. The molecule has 2 fully saturated rings. The van der Waals surface area contributed by atoms with Crippen molar-refractivity contribution >= 4 is 23.8 Å². The van der Waals surface area contributed by atoms with Crippen LogP contribution in [0.15, 0.2) is 4.99 Å². The first-order valence-electron chi connectivity index (χ1n) is 4.82. The largest absolute Gasteiger partial charge is 0.291 e. The van der Waals surface area contributed by atoms with E-state index in [1.165, 1.54) is 32.1 Å². The average Bonchev–Trinajstić information content (AvgIpc) is 2.64. The summed E-state index contributed by atoms with van der Waals surface area (Å²) in [6, 6.07) is 0. The van der Waals surface area contributed by atoms with Crippen molar-refractivity contribution in [2.75, 3.05) is 0 Å². The third kappa shape index (κ3) is 1.45. The van der Waals surface area contributed by atoms with Crippen molar-refractivity contribution in [1.29, 1.82) is 0 Å². The van der Waals surface area contributed by atoms with E-state index in [0.717, 1.165) is 12.3 Å². The van der Waals surface area contributed by atoms with E-state index >= 15 is 0 Å². The highest BCUT2D eigenvalue weighted by atomic mass is 32.1. The molecule has 2 bridgehead atoms. The molecule has 2 heteroatoms. The smallest absolute Gasteiger partial charge is 0.0607 e. The monoisotopic (exact) mass is 181 g/mol. The Kier molecular flexibility index (Phi) is 2.26. The van der Waals surface area contributed by atoms with E-state index in [4.69, 9.17) is 12.2 Å². The van der Waals surface area contributed by atoms with Crippen LogP contribution in [-0.2, 0) is 0 Å². The van der Waals surface area contributed by atoms with Gasteiger partial charge in [-0.25, -0.2) is 0 Å². The van der Waals surface area contributed by atoms with Gasteiger partial charge in [0.2, 0.25) is 0 Å². The lowest BCUT2D eigenvalue weighted by atomic mass is 9.95. The van der Waals surface area contributed by atoms with Crippen LogP contribution in [0, 0.1) is 5.92 Å². The molecule has 0 atom stereocenters. The molecular formula is C10H15NS. The number of hydrogen-bond acceptors (Lipinski definition) is 2. The van der Waals surface area contributed by atoms with Gasteiger partial charge in [0.1, 0.15) is 0 Å². The number of thiocarbonyl (C=S) groups is 1. The summed E-state index contributed by atoms with van der Waals surface area (Å²) in [7, 11) is 0. The van der Waals surface area contributed by atoms with Crippen molar-refractivity contribution in [3.05, 3.63) is 0 Å². The van der Waals surface area contributed by atoms with Gasteiger partial charge in [0.25, 0.3) is 0 Å². The Hall–Kier alpha value is -0.240. The van der Waals surface area contributed by atoms with E-state index < -0.39 is 0 Å². The Morgan fingerprint density at radius 2 is 2.17 bits per heavy atom. The maximum atomic E-state index is 4.76. The van der Waals surface area contributed by atoms with Crippen LogP contribution in [0.25, 0.3) is 0 Å². The normalized spacial score (nSPS) is 39.5. The zero-order valence-corrected chi connectivity index (χ0v) is 8.15. The maximum absolute atomic E-state index is 4.76. The average molecular weight is 181 g/mol. The minimum atomic E-state index is 0.364. The summed E-state index contributed by atoms with van der Waals surface area (Å²) in [4.78, 5) is 4.68. The minimum absolute atomic E-state index is 0.364. The Labute approximate surface area is 79.3 Å². The molecule has 0 amide bonds. The molecule has 0 heterocycles. The van der Waals surface area contributed by atoms with Crippen LogP contribution < -0.4 is 0 Å². The van der Waals surface area contributed by atoms with Gasteiger partial charge in [-0.15, -0.1) is 0 Å². The van der Waals surface area contributed by atoms with E-state index in [2.05, 4.69) is 4.99 Å². The van der Waals surface area contributed by atoms with Crippen molar-refractivity contribution in [2.45, 2.75) is 44.1 Å². The zero-order valence-electron chi connectivity index (χ0n) is 7.33. The summed E-state index contributed by atoms with van der Waals surface area (Å²) in [5.41, 5.74) is 0.364. The van der Waals surface area contributed by atoms with Gasteiger partial charge in [0, 0.05) is 12.6 Å². The van der Waals surface area contributed by atoms with Crippen molar-refractivity contribution in [3.63, 3.8) is 0 Å². The molecule has 2 rings (SSSR count). The second-order valence-electron chi connectivity index (χ2n) is 4.09. The SMILES string of the molecule is S=CCC=NC12CCC(CC1)C2. The van der Waals surface area contributed by atoms with Crippen LogP contribution in [0.5, 0.6) is 0 Å². The summed E-state index contributed by atoms with van der Waals surface area (Å²) in [6.45, 7) is 0. The molecule has 0 unspecified atom stereocenters. The minimum Gasteiger partial charge on any atom is -0.291 e. The first kappa shape index (κ1) is 8.36. The molecule has 0 saturated heterocycles. The highest BCUT2D eigenvalue weighted by Crippen LogP contribution is 2.49. The lowest BCUT2D eigenvalue weighted by Gasteiger charge is -2.20. The Morgan fingerprint density at radius 1 is 1.42 bits per heavy atom. The molecule has 12 heavy (non-hydrogen) atoms. The molecule has 0 spiro atoms. The summed E-state index contributed by atoms with van der Waals surface area (Å²) in [6.07, 6.45) is 9.70. The fraction of sp³-hybridized carbons (Fsp3) is 0.800. The predicted octanol–water partition coefficient (Wildman–Crippen LogP) is 2.78. The van der Waals surface area contributed by atoms with E-state index in [0.29, 0.717) is 5.54 Å². The zero-order chi connectivity index (χ0) is 8.44. The van der Waals surface area contributed by atoms with Gasteiger partial charge in [-0.3, -0.25) is 4.99 Å². The van der Waals surface area contributed by atoms with Gasteiger partial charge in [-0.05, 0) is 43.4 Å². The number of aliphatic imine (C=N–C) groups is 1. The summed E-state index contributed by atoms with van der Waals surface area (Å²) in [5, 5.41) is 1.75. The lowest BCUT2D eigenvalue weighted by molar-refractivity contribution is 0.422. The molecule has 0 aromatic carbocycles. The van der Waals surface area contributed by atoms with Crippen molar-refractivity contribution in [3.8, 4) is 0 Å². The maximum Gasteiger partial charge on any atom is 0.0607 e. The number of nitrogens with zero attached hydrogens (tertiary/aromatic N) is 1. The Balaban J connectivity index is 1.97. The molecule has 0 N–H and O–H groups in total. The van der Waals surface area contributed by atoms with E-state index in [-0.39, 0.29) is 0 Å². The van der Waals surface area contributed by atoms with Gasteiger partial charge < -0.3 is 0 Å². The van der Waals surface area contributed by atoms with Gasteiger partial charge in [0.15, 0.2) is 0 Å². The van der Waals surface area contributed by atoms with E-state index in [1.807, 2.05) is 6.21 Å². The quantitative estimate of drug-likeness (QED) is 0.482. The molecule has 0 aliphatic heterocycles. The molecule has 0 aromatic rings. The molecule has 2 aliphatic carbocycles. The molecule has 0 radical (unpaired) electrons. The lowest BCUT2D eigenvalue weighted by Crippen LogP contribution is -2.19. The topological polar surface area (TPSA) is 12.4 Å². The second-order valence-corrected chi connectivity index (χ2v) is 4.42. The van der Waals surface area contributed by atoms with Gasteiger partial charge in [-0.1, -0.05) is 12.2 Å². The van der Waals surface area contributed by atoms with Crippen LogP contribution in [0.3, 0.4) is 0 Å². The van der Waals surface area contributed by atoms with Crippen molar-refractivity contribution < 1.29 is 0 Å². The fourth-order valence-corrected chi connectivity index (χ4v) is 2.72. The Bertz CT molecular complexity index is 202. The Morgan fingerprint density at radius 3 is 2.67 bits per heavy atom. The van der Waals surface area contributed by atoms with Crippen LogP contribution in [0.2, 0.25) is 0 Å². The standard InChI is InChI=1S/C10H15NS/c12-7-1-6-11-10-4-2-9(8-10)3-5-10/h6-7,9H,1-5,8H2. The van der Waals surface area contributed by atoms with Gasteiger partial charge >= 0.3 is 0 Å². The molecule has 2 saturated carbocycles. The van der Waals surface area contributed by atoms with E-state index in [1.54, 1.807) is 5.37 Å². The van der Waals surface area contributed by atoms with Gasteiger partial charge in [0.05, 0.1) is 5.54 Å². The van der Waals surface area contributed by atoms with Crippen molar-refractivity contribution in [2.24, 2.45) is 10.9 Å². The highest BCUT2D eigenvalue weighted by Gasteiger charge is 2.44. The summed E-state index contributed by atoms with van der Waals surface area (Å²) >= 11 is 4.76. The van der Waals surface area contributed by atoms with Crippen LogP contribution >= 0.6 is 12.2 Å². The summed E-state index contributed by atoms with van der Waals surface area (Å²) in [5.74, 6) is 0.995. The first-order valence-corrected chi connectivity index (χ1v) is 5.29.